The number of hydrogen-bond acceptors (Lipinski definition) is 7. The number of likely N-dealkylation sites (tertiary alicyclic amines) is 1. The molecular formula is C22H30BrN5O5. The van der Waals surface area contributed by atoms with E-state index in [-0.39, 0.29) is 6.04 Å². The third-order valence-corrected chi connectivity index (χ3v) is 6.60. The summed E-state index contributed by atoms with van der Waals surface area (Å²) in [6.45, 7) is 7.01. The first-order valence-corrected chi connectivity index (χ1v) is 11.6. The number of ether oxygens (including phenoxy) is 1. The van der Waals surface area contributed by atoms with Crippen LogP contribution in [0.1, 0.15) is 44.7 Å². The van der Waals surface area contributed by atoms with Gasteiger partial charge in [-0.2, -0.15) is 5.10 Å². The first-order chi connectivity index (χ1) is 15.4. The fourth-order valence-corrected chi connectivity index (χ4v) is 4.55. The molecule has 0 unspecified atom stereocenters. The monoisotopic (exact) mass is 523 g/mol. The molecule has 1 aromatic rings. The highest BCUT2D eigenvalue weighted by molar-refractivity contribution is 9.10. The van der Waals surface area contributed by atoms with Crippen LogP contribution in [0.15, 0.2) is 27.8 Å². The lowest BCUT2D eigenvalue weighted by atomic mass is 9.81. The number of rotatable bonds is 5. The number of aliphatic hydroxyl groups is 1. The van der Waals surface area contributed by atoms with Gasteiger partial charge in [-0.25, -0.2) is 10.2 Å². The lowest BCUT2D eigenvalue weighted by Gasteiger charge is -2.43. The van der Waals surface area contributed by atoms with Gasteiger partial charge in [0, 0.05) is 55.6 Å². The average molecular weight is 524 g/mol. The van der Waals surface area contributed by atoms with Crippen molar-refractivity contribution in [2.24, 2.45) is 5.10 Å². The van der Waals surface area contributed by atoms with Crippen molar-refractivity contribution in [1.82, 2.24) is 21.0 Å². The summed E-state index contributed by atoms with van der Waals surface area (Å²) in [7, 11) is 1.41. The minimum atomic E-state index is -1.04. The summed E-state index contributed by atoms with van der Waals surface area (Å²) < 4.78 is 6.59. The van der Waals surface area contributed by atoms with Crippen LogP contribution in [-0.2, 0) is 19.9 Å². The zero-order valence-corrected chi connectivity index (χ0v) is 20.8. The normalized spacial score (nSPS) is 19.2. The van der Waals surface area contributed by atoms with E-state index in [0.29, 0.717) is 43.8 Å². The van der Waals surface area contributed by atoms with Crippen LogP contribution in [0.2, 0.25) is 0 Å². The minimum Gasteiger partial charge on any atom is -0.435 e. The lowest BCUT2D eigenvalue weighted by Crippen LogP contribution is -2.57. The number of hydrazone groups is 1. The molecule has 180 valence electrons. The smallest absolute Gasteiger partial charge is 0.428 e. The summed E-state index contributed by atoms with van der Waals surface area (Å²) in [4.78, 5) is 37.5. The average Bonchev–Trinajstić information content (AvgIpc) is 2.74. The van der Waals surface area contributed by atoms with E-state index in [4.69, 9.17) is 4.74 Å². The standard InChI is InChI=1S/C22H30BrN5O5/c1-13(25-19(30)18(29)24-4)12-28-9-7-22(8-10-28)17(26-27-20(31)33-22)15-11-14(21(2,3)32)5-6-16(15)23/h5-6,11,13,32H,7-10,12H2,1-4H3,(H,24,29)(H,25,30)(H,27,31)/t13-/m0/s1. The summed E-state index contributed by atoms with van der Waals surface area (Å²) in [5.41, 5.74) is 2.52. The molecule has 4 N–H and O–H groups in total. The predicted molar refractivity (Wildman–Crippen MR) is 126 cm³/mol. The van der Waals surface area contributed by atoms with Crippen LogP contribution in [0.4, 0.5) is 4.79 Å². The molecule has 2 aliphatic rings. The van der Waals surface area contributed by atoms with E-state index in [9.17, 15) is 19.5 Å². The van der Waals surface area contributed by atoms with Crippen molar-refractivity contribution in [2.45, 2.75) is 50.9 Å². The first-order valence-electron chi connectivity index (χ1n) is 10.8. The highest BCUT2D eigenvalue weighted by Crippen LogP contribution is 2.36. The highest BCUT2D eigenvalue weighted by atomic mass is 79.9. The summed E-state index contributed by atoms with van der Waals surface area (Å²) in [5.74, 6) is -1.35. The van der Waals surface area contributed by atoms with Gasteiger partial charge in [-0.15, -0.1) is 0 Å². The largest absolute Gasteiger partial charge is 0.435 e. The molecular weight excluding hydrogens is 494 g/mol. The topological polar surface area (TPSA) is 132 Å². The molecule has 3 rings (SSSR count). The second-order valence-corrected chi connectivity index (χ2v) is 9.82. The predicted octanol–water partition coefficient (Wildman–Crippen LogP) is 1.21. The Bertz CT molecular complexity index is 966. The van der Waals surface area contributed by atoms with Gasteiger partial charge in [0.05, 0.1) is 5.60 Å². The Hall–Kier alpha value is -2.50. The van der Waals surface area contributed by atoms with Gasteiger partial charge in [0.25, 0.3) is 0 Å². The van der Waals surface area contributed by atoms with Gasteiger partial charge < -0.3 is 25.4 Å². The molecule has 33 heavy (non-hydrogen) atoms. The van der Waals surface area contributed by atoms with E-state index in [1.165, 1.54) is 7.05 Å². The second-order valence-electron chi connectivity index (χ2n) is 8.96. The maximum absolute atomic E-state index is 12.1. The zero-order valence-electron chi connectivity index (χ0n) is 19.2. The Morgan fingerprint density at radius 1 is 1.33 bits per heavy atom. The second kappa shape index (κ2) is 9.78. The number of carbonyl (C=O) groups excluding carboxylic acids is 3. The molecule has 2 aliphatic heterocycles. The van der Waals surface area contributed by atoms with Gasteiger partial charge in [-0.3, -0.25) is 9.59 Å². The molecule has 1 aromatic carbocycles. The number of piperidine rings is 1. The van der Waals surface area contributed by atoms with Gasteiger partial charge in [0.15, 0.2) is 5.60 Å². The molecule has 0 bridgehead atoms. The van der Waals surface area contributed by atoms with Crippen LogP contribution in [0.25, 0.3) is 0 Å². The number of amides is 3. The van der Waals surface area contributed by atoms with E-state index in [1.807, 2.05) is 25.1 Å². The fraction of sp³-hybridized carbons (Fsp3) is 0.545. The molecule has 0 aromatic heterocycles. The van der Waals surface area contributed by atoms with E-state index in [2.05, 4.69) is 42.0 Å². The van der Waals surface area contributed by atoms with Gasteiger partial charge in [-0.1, -0.05) is 22.0 Å². The summed E-state index contributed by atoms with van der Waals surface area (Å²) >= 11 is 3.57. The molecule has 1 spiro atoms. The Balaban J connectivity index is 1.76. The van der Waals surface area contributed by atoms with Crippen LogP contribution in [0.5, 0.6) is 0 Å². The van der Waals surface area contributed by atoms with Crippen molar-refractivity contribution in [3.05, 3.63) is 33.8 Å². The number of likely N-dealkylation sites (N-methyl/N-ethyl adjacent to an activating group) is 1. The highest BCUT2D eigenvalue weighted by Gasteiger charge is 2.46. The van der Waals surface area contributed by atoms with Crippen molar-refractivity contribution in [2.75, 3.05) is 26.7 Å². The van der Waals surface area contributed by atoms with Crippen molar-refractivity contribution < 1.29 is 24.2 Å². The molecule has 11 heteroatoms. The third kappa shape index (κ3) is 5.71. The SMILES string of the molecule is CNC(=O)C(=O)N[C@@H](C)CN1CCC2(CC1)OC(=O)NN=C2c1cc(C(C)(C)O)ccc1Br. The summed E-state index contributed by atoms with van der Waals surface area (Å²) in [6.07, 6.45) is 0.413. The molecule has 1 saturated heterocycles. The minimum absolute atomic E-state index is 0.231. The number of hydrogen-bond donors (Lipinski definition) is 4. The van der Waals surface area contributed by atoms with Crippen molar-refractivity contribution in [3.63, 3.8) is 0 Å². The van der Waals surface area contributed by atoms with Gasteiger partial charge >= 0.3 is 17.9 Å². The molecule has 10 nitrogen and oxygen atoms in total. The Labute approximate surface area is 201 Å². The van der Waals surface area contributed by atoms with E-state index >= 15 is 0 Å². The molecule has 1 fully saturated rings. The number of halogens is 1. The maximum atomic E-state index is 12.1. The van der Waals surface area contributed by atoms with Crippen LogP contribution < -0.4 is 16.1 Å². The third-order valence-electron chi connectivity index (χ3n) is 5.91. The van der Waals surface area contributed by atoms with Crippen LogP contribution in [0.3, 0.4) is 0 Å². The van der Waals surface area contributed by atoms with E-state index in [0.717, 1.165) is 10.0 Å². The number of nitrogens with zero attached hydrogens (tertiary/aromatic N) is 2. The Kier molecular flexibility index (Phi) is 7.45. The quantitative estimate of drug-likeness (QED) is 0.428. The summed E-state index contributed by atoms with van der Waals surface area (Å²) in [5, 5.41) is 19.8. The fourth-order valence-electron chi connectivity index (χ4n) is 4.12. The van der Waals surface area contributed by atoms with Gasteiger partial charge in [0.1, 0.15) is 5.71 Å². The van der Waals surface area contributed by atoms with Gasteiger partial charge in [-0.05, 0) is 38.5 Å². The summed E-state index contributed by atoms with van der Waals surface area (Å²) in [6, 6.07) is 5.31. The Morgan fingerprint density at radius 2 is 2.00 bits per heavy atom. The zero-order chi connectivity index (χ0) is 24.4. The molecule has 2 heterocycles. The van der Waals surface area contributed by atoms with Crippen molar-refractivity contribution >= 4 is 39.5 Å². The molecule has 1 atom stereocenters. The van der Waals surface area contributed by atoms with Crippen molar-refractivity contribution in [3.8, 4) is 0 Å². The van der Waals surface area contributed by atoms with Gasteiger partial charge in [0.2, 0.25) is 0 Å². The maximum Gasteiger partial charge on any atom is 0.428 e. The molecule has 0 radical (unpaired) electrons. The van der Waals surface area contributed by atoms with E-state index < -0.39 is 29.1 Å². The molecule has 0 saturated carbocycles. The Morgan fingerprint density at radius 3 is 2.61 bits per heavy atom. The first kappa shape index (κ1) is 25.1. The number of benzene rings is 1. The van der Waals surface area contributed by atoms with E-state index in [1.54, 1.807) is 13.8 Å². The van der Waals surface area contributed by atoms with Crippen LogP contribution in [-0.4, -0.2) is 72.0 Å². The van der Waals surface area contributed by atoms with Crippen LogP contribution in [0, 0.1) is 0 Å². The van der Waals surface area contributed by atoms with Crippen molar-refractivity contribution in [1.29, 1.82) is 0 Å². The van der Waals surface area contributed by atoms with Crippen LogP contribution >= 0.6 is 15.9 Å². The number of nitrogens with one attached hydrogen (secondary N) is 3. The lowest BCUT2D eigenvalue weighted by molar-refractivity contribution is -0.139. The number of carbonyl (C=O) groups is 3. The molecule has 0 aliphatic carbocycles. The molecule has 3 amide bonds.